The van der Waals surface area contributed by atoms with Gasteiger partial charge in [0.1, 0.15) is 0 Å². The van der Waals surface area contributed by atoms with Crippen LogP contribution in [-0.2, 0) is 9.53 Å². The zero-order valence-corrected chi connectivity index (χ0v) is 9.97. The van der Waals surface area contributed by atoms with Crippen LogP contribution in [0, 0.1) is 15.9 Å². The molecule has 0 saturated heterocycles. The van der Waals surface area contributed by atoms with Crippen molar-refractivity contribution in [3.05, 3.63) is 45.3 Å². The third kappa shape index (κ3) is 3.38. The van der Waals surface area contributed by atoms with Crippen molar-refractivity contribution in [3.63, 3.8) is 0 Å². The van der Waals surface area contributed by atoms with Crippen LogP contribution in [0.5, 0.6) is 0 Å². The molecule has 0 heterocycles. The van der Waals surface area contributed by atoms with Crippen LogP contribution in [0.2, 0.25) is 0 Å². The second-order valence-electron chi connectivity index (χ2n) is 3.52. The van der Waals surface area contributed by atoms with Crippen molar-refractivity contribution in [1.82, 2.24) is 0 Å². The van der Waals surface area contributed by atoms with Gasteiger partial charge in [-0.2, -0.15) is 4.39 Å². The SMILES string of the molecule is CCOC(=O)/C(C)=C\c1ccc(F)c([N+](=O)[O-])c1. The van der Waals surface area contributed by atoms with Crippen LogP contribution in [0.1, 0.15) is 19.4 Å². The van der Waals surface area contributed by atoms with Gasteiger partial charge >= 0.3 is 11.7 Å². The van der Waals surface area contributed by atoms with Crippen LogP contribution < -0.4 is 0 Å². The van der Waals surface area contributed by atoms with Gasteiger partial charge in [-0.05, 0) is 31.6 Å². The van der Waals surface area contributed by atoms with E-state index in [2.05, 4.69) is 0 Å². The Labute approximate surface area is 103 Å². The smallest absolute Gasteiger partial charge is 0.333 e. The van der Waals surface area contributed by atoms with Crippen molar-refractivity contribution >= 4 is 17.7 Å². The number of nitrogens with zero attached hydrogens (tertiary/aromatic N) is 1. The molecule has 0 aliphatic heterocycles. The minimum atomic E-state index is -0.911. The molecule has 0 fully saturated rings. The molecule has 0 bridgehead atoms. The lowest BCUT2D eigenvalue weighted by atomic mass is 10.1. The first kappa shape index (κ1) is 13.8. The third-order valence-corrected chi connectivity index (χ3v) is 2.15. The highest BCUT2D eigenvalue weighted by Gasteiger charge is 2.14. The normalized spacial score (nSPS) is 11.2. The Kier molecular flexibility index (Phi) is 4.53. The van der Waals surface area contributed by atoms with Crippen LogP contribution >= 0.6 is 0 Å². The monoisotopic (exact) mass is 253 g/mol. The molecule has 0 amide bonds. The topological polar surface area (TPSA) is 69.4 Å². The number of rotatable bonds is 4. The number of carbonyl (C=O) groups is 1. The van der Waals surface area contributed by atoms with Gasteiger partial charge in [0.2, 0.25) is 5.82 Å². The molecule has 0 saturated carbocycles. The number of hydrogen-bond acceptors (Lipinski definition) is 4. The quantitative estimate of drug-likeness (QED) is 0.358. The standard InChI is InChI=1S/C12H12FNO4/c1-3-18-12(15)8(2)6-9-4-5-10(13)11(7-9)14(16)17/h4-7H,3H2,1-2H3/b8-6-. The summed E-state index contributed by atoms with van der Waals surface area (Å²) >= 11 is 0. The van der Waals surface area contributed by atoms with Gasteiger partial charge in [-0.15, -0.1) is 0 Å². The highest BCUT2D eigenvalue weighted by molar-refractivity contribution is 5.93. The molecule has 18 heavy (non-hydrogen) atoms. The fourth-order valence-corrected chi connectivity index (χ4v) is 1.31. The summed E-state index contributed by atoms with van der Waals surface area (Å²) in [5.41, 5.74) is 0.0341. The van der Waals surface area contributed by atoms with Gasteiger partial charge in [-0.1, -0.05) is 6.07 Å². The summed E-state index contributed by atoms with van der Waals surface area (Å²) in [5.74, 6) is -1.42. The number of hydrogen-bond donors (Lipinski definition) is 0. The summed E-state index contributed by atoms with van der Waals surface area (Å²) in [5, 5.41) is 10.5. The van der Waals surface area contributed by atoms with Crippen molar-refractivity contribution in [1.29, 1.82) is 0 Å². The first-order valence-corrected chi connectivity index (χ1v) is 5.25. The average molecular weight is 253 g/mol. The summed E-state index contributed by atoms with van der Waals surface area (Å²) in [7, 11) is 0. The number of halogens is 1. The molecule has 0 aromatic heterocycles. The van der Waals surface area contributed by atoms with Crippen molar-refractivity contribution in [2.75, 3.05) is 6.61 Å². The molecule has 0 unspecified atom stereocenters. The van der Waals surface area contributed by atoms with Crippen LogP contribution in [0.25, 0.3) is 6.08 Å². The van der Waals surface area contributed by atoms with E-state index in [-0.39, 0.29) is 12.2 Å². The Hall–Kier alpha value is -2.24. The van der Waals surface area contributed by atoms with E-state index in [0.717, 1.165) is 12.1 Å². The van der Waals surface area contributed by atoms with Gasteiger partial charge in [-0.3, -0.25) is 10.1 Å². The molecule has 5 nitrogen and oxygen atoms in total. The molecule has 0 spiro atoms. The maximum Gasteiger partial charge on any atom is 0.333 e. The highest BCUT2D eigenvalue weighted by atomic mass is 19.1. The third-order valence-electron chi connectivity index (χ3n) is 2.15. The molecule has 6 heteroatoms. The first-order chi connectivity index (χ1) is 8.45. The minimum absolute atomic E-state index is 0.244. The van der Waals surface area contributed by atoms with Gasteiger partial charge < -0.3 is 4.74 Å². The van der Waals surface area contributed by atoms with Crippen LogP contribution in [0.15, 0.2) is 23.8 Å². The minimum Gasteiger partial charge on any atom is -0.463 e. The van der Waals surface area contributed by atoms with Crippen molar-refractivity contribution in [2.24, 2.45) is 0 Å². The van der Waals surface area contributed by atoms with Crippen molar-refractivity contribution in [3.8, 4) is 0 Å². The number of carbonyl (C=O) groups excluding carboxylic acids is 1. The Morgan fingerprint density at radius 3 is 2.78 bits per heavy atom. The van der Waals surface area contributed by atoms with E-state index in [4.69, 9.17) is 4.74 Å². The van der Waals surface area contributed by atoms with Gasteiger partial charge in [0, 0.05) is 11.6 Å². The van der Waals surface area contributed by atoms with Crippen molar-refractivity contribution in [2.45, 2.75) is 13.8 Å². The zero-order chi connectivity index (χ0) is 13.7. The fourth-order valence-electron chi connectivity index (χ4n) is 1.31. The molecule has 0 radical (unpaired) electrons. The average Bonchev–Trinajstić information content (AvgIpc) is 2.31. The predicted octanol–water partition coefficient (Wildman–Crippen LogP) is 2.70. The van der Waals surface area contributed by atoms with E-state index in [9.17, 15) is 19.3 Å². The number of nitro benzene ring substituents is 1. The summed E-state index contributed by atoms with van der Waals surface area (Å²) in [6.07, 6.45) is 1.41. The second-order valence-corrected chi connectivity index (χ2v) is 3.52. The molecule has 0 aliphatic carbocycles. The molecule has 1 aromatic rings. The van der Waals surface area contributed by atoms with Crippen LogP contribution in [0.3, 0.4) is 0 Å². The van der Waals surface area contributed by atoms with Crippen LogP contribution in [-0.4, -0.2) is 17.5 Å². The molecule has 1 aromatic carbocycles. The lowest BCUT2D eigenvalue weighted by Gasteiger charge is -2.02. The summed E-state index contributed by atoms with van der Waals surface area (Å²) < 4.78 is 17.8. The van der Waals surface area contributed by atoms with E-state index < -0.39 is 22.4 Å². The lowest BCUT2D eigenvalue weighted by Crippen LogP contribution is -2.04. The highest BCUT2D eigenvalue weighted by Crippen LogP contribution is 2.20. The maximum absolute atomic E-state index is 13.1. The predicted molar refractivity (Wildman–Crippen MR) is 63.3 cm³/mol. The Bertz CT molecular complexity index is 511. The number of ether oxygens (including phenoxy) is 1. The molecule has 0 atom stereocenters. The molecular formula is C12H12FNO4. The Balaban J connectivity index is 3.05. The molecular weight excluding hydrogens is 241 g/mol. The van der Waals surface area contributed by atoms with E-state index in [1.54, 1.807) is 6.92 Å². The maximum atomic E-state index is 13.1. The lowest BCUT2D eigenvalue weighted by molar-refractivity contribution is -0.387. The van der Waals surface area contributed by atoms with Gasteiger partial charge in [0.05, 0.1) is 11.5 Å². The number of esters is 1. The molecule has 0 N–H and O–H groups in total. The number of nitro groups is 1. The summed E-state index contributed by atoms with van der Waals surface area (Å²) in [6.45, 7) is 3.44. The van der Waals surface area contributed by atoms with Gasteiger partial charge in [0.25, 0.3) is 0 Å². The van der Waals surface area contributed by atoms with Gasteiger partial charge in [0.15, 0.2) is 0 Å². The Morgan fingerprint density at radius 1 is 1.56 bits per heavy atom. The zero-order valence-electron chi connectivity index (χ0n) is 9.97. The Morgan fingerprint density at radius 2 is 2.22 bits per heavy atom. The van der Waals surface area contributed by atoms with E-state index in [1.807, 2.05) is 0 Å². The largest absolute Gasteiger partial charge is 0.463 e. The fraction of sp³-hybridized carbons (Fsp3) is 0.250. The molecule has 1 rings (SSSR count). The van der Waals surface area contributed by atoms with E-state index in [0.29, 0.717) is 5.56 Å². The van der Waals surface area contributed by atoms with Gasteiger partial charge in [-0.25, -0.2) is 4.79 Å². The number of benzene rings is 1. The first-order valence-electron chi connectivity index (χ1n) is 5.25. The van der Waals surface area contributed by atoms with Crippen molar-refractivity contribution < 1.29 is 18.8 Å². The van der Waals surface area contributed by atoms with Crippen LogP contribution in [0.4, 0.5) is 10.1 Å². The summed E-state index contributed by atoms with van der Waals surface area (Å²) in [6, 6.07) is 3.41. The van der Waals surface area contributed by atoms with E-state index in [1.165, 1.54) is 19.1 Å². The second kappa shape index (κ2) is 5.90. The molecule has 0 aliphatic rings. The van der Waals surface area contributed by atoms with E-state index >= 15 is 0 Å². The molecule has 96 valence electrons. The summed E-state index contributed by atoms with van der Waals surface area (Å²) in [4.78, 5) is 21.1.